The van der Waals surface area contributed by atoms with Gasteiger partial charge in [0.15, 0.2) is 0 Å². The molecule has 0 spiro atoms. The SMILES string of the molecule is O[C-]=C(I)[CH]=[V].[CH-]=[W]. The van der Waals surface area contributed by atoms with E-state index in [1.165, 1.54) is 0 Å². The summed E-state index contributed by atoms with van der Waals surface area (Å²) < 4.78 is 2.42. The molecule has 0 aliphatic rings. The molecule has 0 radical (unpaired) electrons. The van der Waals surface area contributed by atoms with Crippen molar-refractivity contribution in [2.75, 3.05) is 0 Å². The molecule has 0 saturated heterocycles. The predicted molar refractivity (Wildman–Crippen MR) is 35.5 cm³/mol. The number of hydrogen-bond acceptors (Lipinski definition) is 1. The molecule has 0 atom stereocenters. The van der Waals surface area contributed by atoms with Crippen LogP contribution in [0.4, 0.5) is 0 Å². The van der Waals surface area contributed by atoms with Crippen LogP contribution in [-0.4, -0.2) is 14.7 Å². The molecule has 0 bridgehead atoms. The zero-order valence-corrected chi connectivity index (χ0v) is 10.3. The van der Waals surface area contributed by atoms with Crippen molar-refractivity contribution in [1.82, 2.24) is 0 Å². The van der Waals surface area contributed by atoms with Crippen molar-refractivity contribution in [1.29, 1.82) is 0 Å². The number of aliphatic hydroxyl groups is 1. The van der Waals surface area contributed by atoms with Gasteiger partial charge in [0.1, 0.15) is 0 Å². The molecule has 0 fully saturated rings. The first-order valence-electron chi connectivity index (χ1n) is 1.45. The first kappa shape index (κ1) is 12.0. The molecule has 4 heteroatoms. The fourth-order valence-corrected chi connectivity index (χ4v) is 0.119. The summed E-state index contributed by atoms with van der Waals surface area (Å²) in [5.74, 6) is 0. The average molecular weight is 429 g/mol. The van der Waals surface area contributed by atoms with Crippen LogP contribution >= 0.6 is 22.6 Å². The summed E-state index contributed by atoms with van der Waals surface area (Å²) in [6.07, 6.45) is 1.95. The molecule has 45 valence electrons. The Morgan fingerprint density at radius 3 is 2.25 bits per heavy atom. The molecule has 0 unspecified atom stereocenters. The Balaban J connectivity index is 0. The second kappa shape index (κ2) is 11.1. The van der Waals surface area contributed by atoms with Gasteiger partial charge in [0, 0.05) is 0 Å². The van der Waals surface area contributed by atoms with Crippen molar-refractivity contribution in [3.8, 4) is 0 Å². The number of hydrogen-bond donors (Lipinski definition) is 1. The van der Waals surface area contributed by atoms with Crippen LogP contribution < -0.4 is 0 Å². The summed E-state index contributed by atoms with van der Waals surface area (Å²) in [4.78, 5) is 4.58. The van der Waals surface area contributed by atoms with E-state index in [9.17, 15) is 0 Å². The standard InChI is InChI=1S/C3H2IO.CH.V.W/c1-3(4)2-5;;;/h1,5H;1H;;/q2*-1;;. The van der Waals surface area contributed by atoms with Crippen LogP contribution in [0.25, 0.3) is 0 Å². The molecule has 1 N–H and O–H groups in total. The normalized spacial score (nSPS) is 8.75. The topological polar surface area (TPSA) is 20.2 Å². The third-order valence-electron chi connectivity index (χ3n) is 0.220. The van der Waals surface area contributed by atoms with E-state index < -0.39 is 0 Å². The molecule has 0 rings (SSSR count). The van der Waals surface area contributed by atoms with Crippen molar-refractivity contribution in [3.05, 3.63) is 9.84 Å². The van der Waals surface area contributed by atoms with Gasteiger partial charge in [-0.1, -0.05) is 0 Å². The number of aliphatic hydroxyl groups excluding tert-OH is 1. The molecule has 0 amide bonds. The van der Waals surface area contributed by atoms with Gasteiger partial charge in [-0.2, -0.15) is 0 Å². The van der Waals surface area contributed by atoms with E-state index in [1.807, 2.05) is 28.9 Å². The summed E-state index contributed by atoms with van der Waals surface area (Å²) in [6, 6.07) is 0. The van der Waals surface area contributed by atoms with Gasteiger partial charge < -0.3 is 0 Å². The Bertz CT molecular complexity index is 94.0. The molecule has 0 heterocycles. The molecular formula is C4H3IOVW-2. The quantitative estimate of drug-likeness (QED) is 0.372. The summed E-state index contributed by atoms with van der Waals surface area (Å²) in [6.45, 7) is 0. The minimum atomic E-state index is 0.715. The average Bonchev–Trinajstić information content (AvgIpc) is 1.91. The molecule has 0 aliphatic carbocycles. The van der Waals surface area contributed by atoms with Crippen LogP contribution in [0.5, 0.6) is 0 Å². The van der Waals surface area contributed by atoms with Crippen LogP contribution in [-0.2, 0) is 36.3 Å². The molecule has 0 aliphatic heterocycles. The monoisotopic (exact) mass is 429 g/mol. The fraction of sp³-hybridized carbons (Fsp3) is 0. The van der Waals surface area contributed by atoms with E-state index in [2.05, 4.69) is 21.9 Å². The molecule has 1 nitrogen and oxygen atoms in total. The van der Waals surface area contributed by atoms with Crippen molar-refractivity contribution in [2.24, 2.45) is 0 Å². The number of rotatable bonds is 1. The Hall–Kier alpha value is 1.28. The molecular weight excluding hydrogens is 426 g/mol. The summed E-state index contributed by atoms with van der Waals surface area (Å²) in [5.41, 5.74) is 0. The Morgan fingerprint density at radius 2 is 2.25 bits per heavy atom. The van der Waals surface area contributed by atoms with Gasteiger partial charge >= 0.3 is 83.5 Å². The first-order valence-corrected chi connectivity index (χ1v) is 5.02. The summed E-state index contributed by atoms with van der Waals surface area (Å²) >= 11 is 5.26. The summed E-state index contributed by atoms with van der Waals surface area (Å²) in [5, 5.41) is 8.00. The van der Waals surface area contributed by atoms with E-state index in [1.54, 1.807) is 4.73 Å². The van der Waals surface area contributed by atoms with Crippen LogP contribution in [0, 0.1) is 6.26 Å². The predicted octanol–water partition coefficient (Wildman–Crippen LogP) is 0.815. The molecule has 8 heavy (non-hydrogen) atoms. The second-order valence-electron chi connectivity index (χ2n) is 0.589. The van der Waals surface area contributed by atoms with Gasteiger partial charge in [-0.25, -0.2) is 0 Å². The van der Waals surface area contributed by atoms with Gasteiger partial charge in [-0.15, -0.1) is 0 Å². The third kappa shape index (κ3) is 10.3. The van der Waals surface area contributed by atoms with E-state index in [-0.39, 0.29) is 0 Å². The van der Waals surface area contributed by atoms with Crippen molar-refractivity contribution in [3.63, 3.8) is 0 Å². The Morgan fingerprint density at radius 1 is 1.88 bits per heavy atom. The second-order valence-corrected chi connectivity index (χ2v) is 2.15. The van der Waals surface area contributed by atoms with Crippen LogP contribution in [0.2, 0.25) is 0 Å². The first-order chi connectivity index (χ1) is 3.81. The van der Waals surface area contributed by atoms with Gasteiger partial charge in [0.2, 0.25) is 0 Å². The van der Waals surface area contributed by atoms with Gasteiger partial charge in [0.25, 0.3) is 0 Å². The zero-order valence-electron chi connectivity index (χ0n) is 3.84. The molecule has 0 aromatic rings. The maximum atomic E-state index is 8.00. The van der Waals surface area contributed by atoms with Crippen LogP contribution in [0.1, 0.15) is 0 Å². The van der Waals surface area contributed by atoms with Crippen molar-refractivity contribution >= 4 is 32.2 Å². The van der Waals surface area contributed by atoms with Gasteiger partial charge in [-0.3, -0.25) is 0 Å². The van der Waals surface area contributed by atoms with Crippen LogP contribution in [0.3, 0.4) is 0 Å². The van der Waals surface area contributed by atoms with E-state index in [0.29, 0.717) is 3.58 Å². The Kier molecular flexibility index (Phi) is 16.7. The van der Waals surface area contributed by atoms with Gasteiger partial charge in [0.05, 0.1) is 0 Å². The minimum absolute atomic E-state index is 0.715. The molecule has 0 aromatic heterocycles. The maximum absolute atomic E-state index is 8.00. The molecule has 0 aromatic carbocycles. The fourth-order valence-electron chi connectivity index (χ4n) is 0.0289. The van der Waals surface area contributed by atoms with E-state index in [4.69, 9.17) is 5.11 Å². The number of allylic oxidation sites excluding steroid dienone is 1. The van der Waals surface area contributed by atoms with E-state index in [0.717, 1.165) is 19.4 Å². The zero-order chi connectivity index (χ0) is 6.99. The number of halogens is 1. The summed E-state index contributed by atoms with van der Waals surface area (Å²) in [7, 11) is 0. The van der Waals surface area contributed by atoms with Crippen molar-refractivity contribution < 1.29 is 41.4 Å². The van der Waals surface area contributed by atoms with Crippen molar-refractivity contribution in [2.45, 2.75) is 0 Å². The Labute approximate surface area is 82.6 Å². The van der Waals surface area contributed by atoms with E-state index >= 15 is 0 Å². The third-order valence-corrected chi connectivity index (χ3v) is 1.96. The van der Waals surface area contributed by atoms with Crippen LogP contribution in [0.15, 0.2) is 3.58 Å². The molecule has 0 saturated carbocycles. The van der Waals surface area contributed by atoms with Gasteiger partial charge in [-0.05, 0) is 0 Å².